The molecule has 6 nitrogen and oxygen atoms in total. The van der Waals surface area contributed by atoms with E-state index >= 15 is 0 Å². The summed E-state index contributed by atoms with van der Waals surface area (Å²) in [6, 6.07) is 0. The number of piperidine rings is 1. The van der Waals surface area contributed by atoms with Gasteiger partial charge >= 0.3 is 6.09 Å². The van der Waals surface area contributed by atoms with Gasteiger partial charge in [-0.1, -0.05) is 0 Å². The van der Waals surface area contributed by atoms with Crippen LogP contribution < -0.4 is 0 Å². The number of likely N-dealkylation sites (tertiary alicyclic amines) is 2. The molecular weight excluding hydrogens is 411 g/mol. The molecule has 0 aromatic heterocycles. The molecule has 32 heavy (non-hydrogen) atoms. The number of hydrogen-bond donors (Lipinski definition) is 0. The molecule has 0 aliphatic carbocycles. The van der Waals surface area contributed by atoms with Gasteiger partial charge in [-0.2, -0.15) is 0 Å². The van der Waals surface area contributed by atoms with Crippen LogP contribution in [-0.2, 0) is 14.2 Å². The summed E-state index contributed by atoms with van der Waals surface area (Å²) >= 11 is 0. The van der Waals surface area contributed by atoms with Crippen molar-refractivity contribution in [3.05, 3.63) is 0 Å². The zero-order valence-corrected chi connectivity index (χ0v) is 22.1. The minimum absolute atomic E-state index is 0.0480. The Balaban J connectivity index is 0.000000330. The van der Waals surface area contributed by atoms with Crippen LogP contribution in [0.4, 0.5) is 9.18 Å². The summed E-state index contributed by atoms with van der Waals surface area (Å²) in [5.74, 6) is 0. The smallest absolute Gasteiger partial charge is 0.410 e. The van der Waals surface area contributed by atoms with Crippen molar-refractivity contribution in [2.45, 2.75) is 117 Å². The number of amides is 1. The summed E-state index contributed by atoms with van der Waals surface area (Å²) in [5, 5.41) is 0. The van der Waals surface area contributed by atoms with E-state index in [1.807, 2.05) is 20.8 Å². The molecule has 7 heteroatoms. The van der Waals surface area contributed by atoms with Gasteiger partial charge in [0.25, 0.3) is 0 Å². The molecule has 2 rings (SSSR count). The number of rotatable bonds is 5. The molecule has 1 amide bonds. The van der Waals surface area contributed by atoms with Crippen molar-refractivity contribution in [2.75, 3.05) is 39.3 Å². The first kappa shape index (κ1) is 29.1. The van der Waals surface area contributed by atoms with Crippen molar-refractivity contribution < 1.29 is 23.4 Å². The van der Waals surface area contributed by atoms with E-state index < -0.39 is 11.8 Å². The third-order valence-electron chi connectivity index (χ3n) is 4.98. The molecule has 0 bridgehead atoms. The Kier molecular flexibility index (Phi) is 11.4. The maximum Gasteiger partial charge on any atom is 0.410 e. The highest BCUT2D eigenvalue weighted by Crippen LogP contribution is 2.21. The first-order chi connectivity index (χ1) is 14.5. The first-order valence-corrected chi connectivity index (χ1v) is 12.2. The Morgan fingerprint density at radius 3 is 1.91 bits per heavy atom. The van der Waals surface area contributed by atoms with Gasteiger partial charge in [0.1, 0.15) is 11.8 Å². The number of hydrogen-bond acceptors (Lipinski definition) is 5. The molecule has 0 spiro atoms. The van der Waals surface area contributed by atoms with E-state index in [1.54, 1.807) is 4.90 Å². The second-order valence-electron chi connectivity index (χ2n) is 11.9. The van der Waals surface area contributed by atoms with E-state index in [1.165, 1.54) is 0 Å². The Bertz CT molecular complexity index is 544. The zero-order chi connectivity index (χ0) is 24.6. The monoisotopic (exact) mass is 460 g/mol. The van der Waals surface area contributed by atoms with E-state index in [9.17, 15) is 9.18 Å². The van der Waals surface area contributed by atoms with Gasteiger partial charge < -0.3 is 24.0 Å². The minimum Gasteiger partial charge on any atom is -0.444 e. The predicted octanol–water partition coefficient (Wildman–Crippen LogP) is 5.44. The molecule has 190 valence electrons. The van der Waals surface area contributed by atoms with Gasteiger partial charge in [-0.3, -0.25) is 0 Å². The number of halogens is 1. The van der Waals surface area contributed by atoms with Gasteiger partial charge in [-0.25, -0.2) is 9.18 Å². The van der Waals surface area contributed by atoms with Crippen LogP contribution in [0.3, 0.4) is 0 Å². The molecular formula is C25H49FN2O4. The Morgan fingerprint density at radius 2 is 1.47 bits per heavy atom. The average molecular weight is 461 g/mol. The topological polar surface area (TPSA) is 51.2 Å². The molecule has 2 fully saturated rings. The van der Waals surface area contributed by atoms with E-state index in [0.29, 0.717) is 13.0 Å². The Hall–Kier alpha value is -0.920. The fourth-order valence-electron chi connectivity index (χ4n) is 3.64. The molecule has 2 aliphatic heterocycles. The summed E-state index contributed by atoms with van der Waals surface area (Å²) in [6.07, 6.45) is 2.93. The summed E-state index contributed by atoms with van der Waals surface area (Å²) in [7, 11) is 0. The average Bonchev–Trinajstić information content (AvgIpc) is 3.01. The van der Waals surface area contributed by atoms with Gasteiger partial charge in [-0.15, -0.1) is 0 Å². The van der Waals surface area contributed by atoms with Crippen molar-refractivity contribution in [1.82, 2.24) is 9.80 Å². The highest BCUT2D eigenvalue weighted by atomic mass is 19.1. The summed E-state index contributed by atoms with van der Waals surface area (Å²) in [4.78, 5) is 15.8. The normalized spacial score (nSPS) is 21.3. The SMILES string of the molecule is CC(C)(C)OC(=O)N1CCC(OC(C)(C)C)CC1.CC(C)(C)OCCCN1CCC(F)C1. The van der Waals surface area contributed by atoms with E-state index in [-0.39, 0.29) is 23.4 Å². The predicted molar refractivity (Wildman–Crippen MR) is 128 cm³/mol. The highest BCUT2D eigenvalue weighted by Gasteiger charge is 2.29. The second kappa shape index (κ2) is 12.5. The van der Waals surface area contributed by atoms with Crippen LogP contribution in [0.25, 0.3) is 0 Å². The summed E-state index contributed by atoms with van der Waals surface area (Å²) in [6.45, 7) is 22.7. The van der Waals surface area contributed by atoms with Crippen LogP contribution in [0.5, 0.6) is 0 Å². The maximum absolute atomic E-state index is 12.8. The van der Waals surface area contributed by atoms with Gasteiger partial charge in [0, 0.05) is 39.3 Å². The number of alkyl halides is 1. The molecule has 1 unspecified atom stereocenters. The number of ether oxygens (including phenoxy) is 3. The molecule has 0 aromatic carbocycles. The molecule has 2 heterocycles. The van der Waals surface area contributed by atoms with Gasteiger partial charge in [0.05, 0.1) is 17.3 Å². The lowest BCUT2D eigenvalue weighted by Gasteiger charge is -2.36. The highest BCUT2D eigenvalue weighted by molar-refractivity contribution is 5.68. The van der Waals surface area contributed by atoms with E-state index in [4.69, 9.17) is 14.2 Å². The molecule has 0 aromatic rings. The van der Waals surface area contributed by atoms with Gasteiger partial charge in [-0.05, 0) is 88.0 Å². The van der Waals surface area contributed by atoms with E-state index in [2.05, 4.69) is 46.4 Å². The van der Waals surface area contributed by atoms with Crippen molar-refractivity contribution in [3.63, 3.8) is 0 Å². The largest absolute Gasteiger partial charge is 0.444 e. The lowest BCUT2D eigenvalue weighted by Crippen LogP contribution is -2.44. The van der Waals surface area contributed by atoms with Crippen LogP contribution in [0.2, 0.25) is 0 Å². The third kappa shape index (κ3) is 14.3. The third-order valence-corrected chi connectivity index (χ3v) is 4.98. The molecule has 2 aliphatic rings. The van der Waals surface area contributed by atoms with Crippen molar-refractivity contribution >= 4 is 6.09 Å². The number of carbonyl (C=O) groups is 1. The lowest BCUT2D eigenvalue weighted by atomic mass is 10.1. The van der Waals surface area contributed by atoms with Crippen LogP contribution in [0.15, 0.2) is 0 Å². The van der Waals surface area contributed by atoms with Gasteiger partial charge in [0.15, 0.2) is 0 Å². The summed E-state index contributed by atoms with van der Waals surface area (Å²) < 4.78 is 29.7. The van der Waals surface area contributed by atoms with Crippen LogP contribution in [-0.4, -0.2) is 84.3 Å². The fourth-order valence-corrected chi connectivity index (χ4v) is 3.64. The second-order valence-corrected chi connectivity index (χ2v) is 11.9. The molecule has 2 saturated heterocycles. The Morgan fingerprint density at radius 1 is 0.875 bits per heavy atom. The standard InChI is InChI=1S/C14H27NO3.C11H22FNO/c1-13(2,3)17-11-7-9-15(10-8-11)12(16)18-14(4,5)6;1-11(2,3)14-8-4-6-13-7-5-10(12)9-13/h11H,7-10H2,1-6H3;10H,4-9H2,1-3H3. The van der Waals surface area contributed by atoms with Gasteiger partial charge in [0.2, 0.25) is 0 Å². The minimum atomic E-state index is -0.599. The van der Waals surface area contributed by atoms with Crippen LogP contribution in [0, 0.1) is 0 Å². The summed E-state index contributed by atoms with van der Waals surface area (Å²) in [5.41, 5.74) is -0.581. The molecule has 1 atom stereocenters. The number of carbonyl (C=O) groups excluding carboxylic acids is 1. The van der Waals surface area contributed by atoms with Crippen molar-refractivity contribution in [1.29, 1.82) is 0 Å². The van der Waals surface area contributed by atoms with Crippen molar-refractivity contribution in [3.8, 4) is 0 Å². The molecule has 0 saturated carbocycles. The zero-order valence-electron chi connectivity index (χ0n) is 22.1. The van der Waals surface area contributed by atoms with Crippen LogP contribution in [0.1, 0.15) is 88.0 Å². The molecule has 0 radical (unpaired) electrons. The maximum atomic E-state index is 12.8. The number of nitrogens with zero attached hydrogens (tertiary/aromatic N) is 2. The van der Waals surface area contributed by atoms with Crippen LogP contribution >= 0.6 is 0 Å². The first-order valence-electron chi connectivity index (χ1n) is 12.2. The van der Waals surface area contributed by atoms with E-state index in [0.717, 1.165) is 52.0 Å². The quantitative estimate of drug-likeness (QED) is 0.512. The fraction of sp³-hybridized carbons (Fsp3) is 0.960. The molecule has 0 N–H and O–H groups in total. The lowest BCUT2D eigenvalue weighted by molar-refractivity contribution is -0.0823. The van der Waals surface area contributed by atoms with Crippen molar-refractivity contribution in [2.24, 2.45) is 0 Å². The Labute approximate surface area is 196 Å².